The molecule has 2 unspecified atom stereocenters. The van der Waals surface area contributed by atoms with Crippen molar-refractivity contribution in [3.8, 4) is 0 Å². The van der Waals surface area contributed by atoms with Crippen molar-refractivity contribution in [1.82, 2.24) is 0 Å². The predicted molar refractivity (Wildman–Crippen MR) is 71.0 cm³/mol. The monoisotopic (exact) mass is 318 g/mol. The van der Waals surface area contributed by atoms with Crippen LogP contribution in [0.2, 0.25) is 0 Å². The van der Waals surface area contributed by atoms with E-state index in [1.165, 1.54) is 13.2 Å². The van der Waals surface area contributed by atoms with Crippen molar-refractivity contribution in [2.75, 3.05) is 13.7 Å². The van der Waals surface area contributed by atoms with Gasteiger partial charge in [0.2, 0.25) is 0 Å². The summed E-state index contributed by atoms with van der Waals surface area (Å²) in [6.07, 6.45) is -4.63. The van der Waals surface area contributed by atoms with E-state index in [9.17, 15) is 18.0 Å². The zero-order valence-corrected chi connectivity index (χ0v) is 12.3. The molecule has 1 aromatic rings. The Balaban J connectivity index is 2.03. The van der Waals surface area contributed by atoms with Crippen LogP contribution in [0, 0.1) is 0 Å². The molecule has 0 bridgehead atoms. The molecule has 1 aliphatic heterocycles. The van der Waals surface area contributed by atoms with Crippen molar-refractivity contribution in [3.05, 3.63) is 35.4 Å². The minimum atomic E-state index is -4.39. The fourth-order valence-corrected chi connectivity index (χ4v) is 2.38. The molecule has 1 saturated heterocycles. The van der Waals surface area contributed by atoms with Gasteiger partial charge in [0.25, 0.3) is 0 Å². The van der Waals surface area contributed by atoms with Crippen LogP contribution in [-0.2, 0) is 31.6 Å². The molecule has 0 saturated carbocycles. The summed E-state index contributed by atoms with van der Waals surface area (Å²) >= 11 is 0. The second-order valence-corrected chi connectivity index (χ2v) is 5.34. The topological polar surface area (TPSA) is 44.8 Å². The lowest BCUT2D eigenvalue weighted by Crippen LogP contribution is -2.30. The van der Waals surface area contributed by atoms with Crippen LogP contribution in [0.1, 0.15) is 24.5 Å². The molecule has 2 rings (SSSR count). The summed E-state index contributed by atoms with van der Waals surface area (Å²) in [7, 11) is 1.28. The Bertz CT molecular complexity index is 544. The summed E-state index contributed by atoms with van der Waals surface area (Å²) in [5.74, 6) is -1.47. The van der Waals surface area contributed by atoms with Crippen molar-refractivity contribution in [3.63, 3.8) is 0 Å². The number of methoxy groups -OCH3 is 1. The molecule has 7 heteroatoms. The van der Waals surface area contributed by atoms with Crippen LogP contribution in [0.5, 0.6) is 0 Å². The number of carbonyl (C=O) groups excluding carboxylic acids is 1. The molecule has 1 heterocycles. The zero-order valence-electron chi connectivity index (χ0n) is 12.3. The van der Waals surface area contributed by atoms with Gasteiger partial charge in [-0.25, -0.2) is 0 Å². The number of esters is 1. The molecule has 22 heavy (non-hydrogen) atoms. The van der Waals surface area contributed by atoms with Gasteiger partial charge in [-0.15, -0.1) is 0 Å². The van der Waals surface area contributed by atoms with Crippen molar-refractivity contribution in [2.45, 2.75) is 37.8 Å². The standard InChI is InChI=1S/C15H17F3O4/c1-14(21-9-12(22-14)7-13(19)20-2)8-10-4-3-5-11(6-10)15(16,17)18/h3-6,12H,7-9H2,1-2H3. The van der Waals surface area contributed by atoms with E-state index >= 15 is 0 Å². The quantitative estimate of drug-likeness (QED) is 0.801. The largest absolute Gasteiger partial charge is 0.469 e. The molecule has 0 radical (unpaired) electrons. The van der Waals surface area contributed by atoms with Gasteiger partial charge in [-0.2, -0.15) is 13.2 Å². The highest BCUT2D eigenvalue weighted by atomic mass is 19.4. The van der Waals surface area contributed by atoms with Crippen LogP contribution >= 0.6 is 0 Å². The summed E-state index contributed by atoms with van der Waals surface area (Å²) in [5.41, 5.74) is -0.256. The van der Waals surface area contributed by atoms with E-state index in [4.69, 9.17) is 9.47 Å². The highest BCUT2D eigenvalue weighted by Crippen LogP contribution is 2.32. The molecule has 0 N–H and O–H groups in total. The summed E-state index contributed by atoms with van der Waals surface area (Å²) in [6, 6.07) is 5.02. The molecular formula is C15H17F3O4. The molecule has 1 aromatic carbocycles. The maximum absolute atomic E-state index is 12.7. The molecular weight excluding hydrogens is 301 g/mol. The number of hydrogen-bond donors (Lipinski definition) is 0. The first-order valence-electron chi connectivity index (χ1n) is 6.76. The summed E-state index contributed by atoms with van der Waals surface area (Å²) in [5, 5.41) is 0. The van der Waals surface area contributed by atoms with E-state index in [-0.39, 0.29) is 19.4 Å². The molecule has 4 nitrogen and oxygen atoms in total. The first kappa shape index (κ1) is 16.8. The van der Waals surface area contributed by atoms with E-state index in [1.807, 2.05) is 0 Å². The molecule has 2 atom stereocenters. The van der Waals surface area contributed by atoms with Gasteiger partial charge in [0, 0.05) is 6.42 Å². The third-order valence-corrected chi connectivity index (χ3v) is 3.39. The number of carbonyl (C=O) groups is 1. The number of hydrogen-bond acceptors (Lipinski definition) is 4. The lowest BCUT2D eigenvalue weighted by molar-refractivity contribution is -0.160. The van der Waals surface area contributed by atoms with Crippen LogP contribution in [-0.4, -0.2) is 31.6 Å². The van der Waals surface area contributed by atoms with Gasteiger partial charge in [0.1, 0.15) is 0 Å². The fraction of sp³-hybridized carbons (Fsp3) is 0.533. The molecule has 0 spiro atoms. The number of alkyl halides is 3. The Morgan fingerprint density at radius 1 is 1.45 bits per heavy atom. The van der Waals surface area contributed by atoms with Gasteiger partial charge in [-0.05, 0) is 18.6 Å². The molecule has 1 fully saturated rings. The Labute approximate surface area is 126 Å². The number of ether oxygens (including phenoxy) is 3. The summed E-state index contributed by atoms with van der Waals surface area (Å²) < 4.78 is 53.8. The molecule has 0 aromatic heterocycles. The van der Waals surface area contributed by atoms with Crippen molar-refractivity contribution in [1.29, 1.82) is 0 Å². The lowest BCUT2D eigenvalue weighted by atomic mass is 10.0. The minimum Gasteiger partial charge on any atom is -0.469 e. The first-order chi connectivity index (χ1) is 10.2. The number of rotatable bonds is 4. The van der Waals surface area contributed by atoms with E-state index < -0.39 is 29.6 Å². The molecule has 0 aliphatic carbocycles. The Morgan fingerprint density at radius 2 is 2.18 bits per heavy atom. The second-order valence-electron chi connectivity index (χ2n) is 5.34. The van der Waals surface area contributed by atoms with E-state index in [2.05, 4.69) is 4.74 Å². The predicted octanol–water partition coefficient (Wildman–Crippen LogP) is 2.94. The molecule has 1 aliphatic rings. The minimum absolute atomic E-state index is 0.0503. The van der Waals surface area contributed by atoms with Crippen LogP contribution < -0.4 is 0 Å². The third kappa shape index (κ3) is 4.20. The van der Waals surface area contributed by atoms with Crippen molar-refractivity contribution >= 4 is 5.97 Å². The Morgan fingerprint density at radius 3 is 2.82 bits per heavy atom. The fourth-order valence-electron chi connectivity index (χ4n) is 2.38. The van der Waals surface area contributed by atoms with Gasteiger partial charge < -0.3 is 14.2 Å². The van der Waals surface area contributed by atoms with Crippen LogP contribution in [0.4, 0.5) is 13.2 Å². The average molecular weight is 318 g/mol. The first-order valence-corrected chi connectivity index (χ1v) is 6.76. The van der Waals surface area contributed by atoms with Crippen LogP contribution in [0.15, 0.2) is 24.3 Å². The molecule has 0 amide bonds. The summed E-state index contributed by atoms with van der Waals surface area (Å²) in [6.45, 7) is 1.84. The number of benzene rings is 1. The second kappa shape index (κ2) is 6.26. The van der Waals surface area contributed by atoms with E-state index in [0.29, 0.717) is 5.56 Å². The third-order valence-electron chi connectivity index (χ3n) is 3.39. The van der Waals surface area contributed by atoms with Crippen molar-refractivity contribution < 1.29 is 32.2 Å². The SMILES string of the molecule is COC(=O)CC1COC(C)(Cc2cccc(C(F)(F)F)c2)O1. The normalized spacial score (nSPS) is 25.2. The smallest absolute Gasteiger partial charge is 0.416 e. The Hall–Kier alpha value is -1.60. The van der Waals surface area contributed by atoms with Gasteiger partial charge in [-0.1, -0.05) is 18.2 Å². The van der Waals surface area contributed by atoms with Gasteiger partial charge in [0.15, 0.2) is 5.79 Å². The number of halogens is 3. The maximum Gasteiger partial charge on any atom is 0.416 e. The van der Waals surface area contributed by atoms with Crippen molar-refractivity contribution in [2.24, 2.45) is 0 Å². The van der Waals surface area contributed by atoms with E-state index in [0.717, 1.165) is 12.1 Å². The average Bonchev–Trinajstić information content (AvgIpc) is 2.79. The maximum atomic E-state index is 12.7. The van der Waals surface area contributed by atoms with Crippen LogP contribution in [0.25, 0.3) is 0 Å². The lowest BCUT2D eigenvalue weighted by Gasteiger charge is -2.23. The van der Waals surface area contributed by atoms with Gasteiger partial charge >= 0.3 is 12.1 Å². The molecule has 122 valence electrons. The van der Waals surface area contributed by atoms with Crippen LogP contribution in [0.3, 0.4) is 0 Å². The summed E-state index contributed by atoms with van der Waals surface area (Å²) in [4.78, 5) is 11.2. The van der Waals surface area contributed by atoms with Gasteiger partial charge in [-0.3, -0.25) is 4.79 Å². The highest BCUT2D eigenvalue weighted by molar-refractivity contribution is 5.69. The Kier molecular flexibility index (Phi) is 4.77. The highest BCUT2D eigenvalue weighted by Gasteiger charge is 2.39. The van der Waals surface area contributed by atoms with E-state index in [1.54, 1.807) is 13.0 Å². The van der Waals surface area contributed by atoms with Gasteiger partial charge in [0.05, 0.1) is 31.8 Å². The zero-order chi connectivity index (χ0) is 16.4.